The average Bonchev–Trinajstić information content (AvgIpc) is 2.62. The fourth-order valence-electron chi connectivity index (χ4n) is 2.74. The fraction of sp³-hybridized carbons (Fsp3) is 0.200. The molecule has 0 saturated heterocycles. The maximum Gasteiger partial charge on any atom is 0.237 e. The molecule has 3 rings (SSSR count). The number of rotatable bonds is 6. The topological polar surface area (TPSA) is 35.0 Å². The van der Waals surface area contributed by atoms with E-state index in [1.165, 1.54) is 11.1 Å². The Kier molecular flexibility index (Phi) is 5.59. The third-order valence-electron chi connectivity index (χ3n) is 3.89. The lowest BCUT2D eigenvalue weighted by Crippen LogP contribution is -2.01. The first-order chi connectivity index (χ1) is 11.8. The van der Waals surface area contributed by atoms with Crippen LogP contribution < -0.4 is 4.74 Å². The molecule has 1 heterocycles. The summed E-state index contributed by atoms with van der Waals surface area (Å²) in [5, 5.41) is 0. The predicted octanol–water partition coefficient (Wildman–Crippen LogP) is 5.96. The van der Waals surface area contributed by atoms with E-state index in [9.17, 15) is 0 Å². The number of hydrogen-bond acceptors (Lipinski definition) is 3. The van der Waals surface area contributed by atoms with Crippen LogP contribution in [0, 0.1) is 0 Å². The zero-order valence-electron chi connectivity index (χ0n) is 13.5. The van der Waals surface area contributed by atoms with Gasteiger partial charge in [0, 0.05) is 22.8 Å². The summed E-state index contributed by atoms with van der Waals surface area (Å²) < 4.78 is 6.82. The largest absolute Gasteiger partial charge is 0.438 e. The van der Waals surface area contributed by atoms with Gasteiger partial charge >= 0.3 is 0 Å². The van der Waals surface area contributed by atoms with Gasteiger partial charge in [-0.05, 0) is 41.8 Å². The van der Waals surface area contributed by atoms with Gasteiger partial charge in [0.15, 0.2) is 0 Å². The molecule has 0 aliphatic rings. The van der Waals surface area contributed by atoms with Crippen molar-refractivity contribution in [1.29, 1.82) is 0 Å². The van der Waals surface area contributed by atoms with Crippen LogP contribution in [0.5, 0.6) is 11.6 Å². The van der Waals surface area contributed by atoms with E-state index in [0.717, 1.165) is 23.1 Å². The van der Waals surface area contributed by atoms with Crippen LogP contribution in [-0.4, -0.2) is 9.97 Å². The van der Waals surface area contributed by atoms with E-state index in [1.54, 1.807) is 18.6 Å². The van der Waals surface area contributed by atoms with Gasteiger partial charge in [-0.2, -0.15) is 0 Å². The van der Waals surface area contributed by atoms with Crippen LogP contribution >= 0.6 is 15.9 Å². The Hall–Kier alpha value is -2.20. The third-order valence-corrected chi connectivity index (χ3v) is 4.42. The summed E-state index contributed by atoms with van der Waals surface area (Å²) in [4.78, 5) is 8.13. The van der Waals surface area contributed by atoms with E-state index in [4.69, 9.17) is 4.74 Å². The summed E-state index contributed by atoms with van der Waals surface area (Å²) in [5.41, 5.74) is 2.63. The molecule has 2 aromatic carbocycles. The van der Waals surface area contributed by atoms with E-state index in [2.05, 4.69) is 69.2 Å². The normalized spacial score (nSPS) is 11.9. The molecule has 1 atom stereocenters. The van der Waals surface area contributed by atoms with Gasteiger partial charge in [0.25, 0.3) is 0 Å². The first kappa shape index (κ1) is 16.7. The van der Waals surface area contributed by atoms with Gasteiger partial charge in [-0.25, -0.2) is 4.98 Å². The fourth-order valence-corrected chi connectivity index (χ4v) is 3.00. The minimum atomic E-state index is 0.397. The van der Waals surface area contributed by atoms with Crippen LogP contribution in [0.15, 0.2) is 71.6 Å². The SMILES string of the molecule is CCCC(c1ccc(Br)cc1)c1ccc(Oc2cnccn2)cc1. The van der Waals surface area contributed by atoms with Crippen molar-refractivity contribution in [2.75, 3.05) is 0 Å². The van der Waals surface area contributed by atoms with Crippen molar-refractivity contribution in [3.8, 4) is 11.6 Å². The maximum atomic E-state index is 5.71. The van der Waals surface area contributed by atoms with Crippen molar-refractivity contribution >= 4 is 15.9 Å². The van der Waals surface area contributed by atoms with Crippen LogP contribution in [0.1, 0.15) is 36.8 Å². The van der Waals surface area contributed by atoms with E-state index in [0.29, 0.717) is 11.8 Å². The Labute approximate surface area is 150 Å². The Bertz CT molecular complexity index is 758. The minimum Gasteiger partial charge on any atom is -0.438 e. The lowest BCUT2D eigenvalue weighted by atomic mass is 9.88. The molecule has 3 nitrogen and oxygen atoms in total. The molecule has 0 fully saturated rings. The second-order valence-corrected chi connectivity index (χ2v) is 6.52. The predicted molar refractivity (Wildman–Crippen MR) is 99.4 cm³/mol. The zero-order valence-corrected chi connectivity index (χ0v) is 15.1. The van der Waals surface area contributed by atoms with Crippen LogP contribution in [0.25, 0.3) is 0 Å². The van der Waals surface area contributed by atoms with Crippen LogP contribution in [-0.2, 0) is 0 Å². The lowest BCUT2D eigenvalue weighted by Gasteiger charge is -2.18. The second kappa shape index (κ2) is 8.06. The van der Waals surface area contributed by atoms with E-state index in [-0.39, 0.29) is 0 Å². The molecular weight excluding hydrogens is 364 g/mol. The van der Waals surface area contributed by atoms with Crippen molar-refractivity contribution in [3.63, 3.8) is 0 Å². The number of nitrogens with zero attached hydrogens (tertiary/aromatic N) is 2. The molecule has 0 aliphatic heterocycles. The highest BCUT2D eigenvalue weighted by molar-refractivity contribution is 9.10. The van der Waals surface area contributed by atoms with Gasteiger partial charge in [-0.3, -0.25) is 4.98 Å². The first-order valence-electron chi connectivity index (χ1n) is 8.05. The molecule has 0 spiro atoms. The summed E-state index contributed by atoms with van der Waals surface area (Å²) >= 11 is 3.50. The summed E-state index contributed by atoms with van der Waals surface area (Å²) in [7, 11) is 0. The molecule has 0 amide bonds. The smallest absolute Gasteiger partial charge is 0.237 e. The molecule has 0 aliphatic carbocycles. The molecule has 0 saturated carbocycles. The Morgan fingerprint density at radius 3 is 2.21 bits per heavy atom. The third kappa shape index (κ3) is 4.20. The molecular formula is C20H19BrN2O. The first-order valence-corrected chi connectivity index (χ1v) is 8.85. The monoisotopic (exact) mass is 382 g/mol. The van der Waals surface area contributed by atoms with Crippen molar-refractivity contribution in [1.82, 2.24) is 9.97 Å². The average molecular weight is 383 g/mol. The molecule has 24 heavy (non-hydrogen) atoms. The van der Waals surface area contributed by atoms with Crippen molar-refractivity contribution in [2.45, 2.75) is 25.7 Å². The highest BCUT2D eigenvalue weighted by Crippen LogP contribution is 2.31. The molecule has 122 valence electrons. The molecule has 4 heteroatoms. The summed E-state index contributed by atoms with van der Waals surface area (Å²) in [5.74, 6) is 1.67. The second-order valence-electron chi connectivity index (χ2n) is 5.61. The highest BCUT2D eigenvalue weighted by Gasteiger charge is 2.13. The van der Waals surface area contributed by atoms with Gasteiger partial charge in [-0.15, -0.1) is 0 Å². The molecule has 0 bridgehead atoms. The van der Waals surface area contributed by atoms with E-state index in [1.807, 2.05) is 12.1 Å². The van der Waals surface area contributed by atoms with Crippen molar-refractivity contribution < 1.29 is 4.74 Å². The minimum absolute atomic E-state index is 0.397. The summed E-state index contributed by atoms with van der Waals surface area (Å²) in [6.07, 6.45) is 7.11. The van der Waals surface area contributed by atoms with Gasteiger partial charge in [-0.1, -0.05) is 53.5 Å². The van der Waals surface area contributed by atoms with E-state index < -0.39 is 0 Å². The molecule has 0 radical (unpaired) electrons. The van der Waals surface area contributed by atoms with Crippen molar-refractivity contribution in [3.05, 3.63) is 82.7 Å². The Balaban J connectivity index is 1.80. The summed E-state index contributed by atoms with van der Waals surface area (Å²) in [6.45, 7) is 2.22. The van der Waals surface area contributed by atoms with Gasteiger partial charge in [0.05, 0.1) is 6.20 Å². The van der Waals surface area contributed by atoms with Gasteiger partial charge < -0.3 is 4.74 Å². The molecule has 1 aromatic heterocycles. The lowest BCUT2D eigenvalue weighted by molar-refractivity contribution is 0.460. The highest BCUT2D eigenvalue weighted by atomic mass is 79.9. The van der Waals surface area contributed by atoms with Gasteiger partial charge in [0.1, 0.15) is 5.75 Å². The molecule has 0 N–H and O–H groups in total. The standard InChI is InChI=1S/C20H19BrN2O/c1-2-3-19(15-4-8-17(21)9-5-15)16-6-10-18(11-7-16)24-20-14-22-12-13-23-20/h4-14,19H,2-3H2,1H3. The van der Waals surface area contributed by atoms with E-state index >= 15 is 0 Å². The quantitative estimate of drug-likeness (QED) is 0.527. The maximum absolute atomic E-state index is 5.71. The zero-order chi connectivity index (χ0) is 16.8. The van der Waals surface area contributed by atoms with Crippen LogP contribution in [0.4, 0.5) is 0 Å². The van der Waals surface area contributed by atoms with Crippen molar-refractivity contribution in [2.24, 2.45) is 0 Å². The number of ether oxygens (including phenoxy) is 1. The summed E-state index contributed by atoms with van der Waals surface area (Å²) in [6, 6.07) is 16.8. The number of hydrogen-bond donors (Lipinski definition) is 0. The van der Waals surface area contributed by atoms with Crippen LogP contribution in [0.2, 0.25) is 0 Å². The molecule has 3 aromatic rings. The van der Waals surface area contributed by atoms with Gasteiger partial charge in [0.2, 0.25) is 5.88 Å². The number of benzene rings is 2. The van der Waals surface area contributed by atoms with Crippen LogP contribution in [0.3, 0.4) is 0 Å². The number of halogens is 1. The Morgan fingerprint density at radius 2 is 1.62 bits per heavy atom. The Morgan fingerprint density at radius 1 is 0.958 bits per heavy atom. The number of aromatic nitrogens is 2. The molecule has 1 unspecified atom stereocenters.